The Balaban J connectivity index is 0.000000152. The number of carbonyl (C=O) groups is 4. The fraction of sp³-hybridized carbons (Fsp3) is 0.373. The number of nitrogens with one attached hydrogen (secondary N) is 6. The van der Waals surface area contributed by atoms with Crippen LogP contribution in [0.15, 0.2) is 178 Å². The molecule has 0 amide bonds. The third-order valence-electron chi connectivity index (χ3n) is 21.7. The van der Waals surface area contributed by atoms with E-state index in [2.05, 4.69) is 53.3 Å². The maximum absolute atomic E-state index is 14.9. The lowest BCUT2D eigenvalue weighted by atomic mass is 9.92. The maximum atomic E-state index is 14.9. The minimum atomic E-state index is -3.85. The molecule has 8 aliphatic heterocycles. The Morgan fingerprint density at radius 1 is 0.463 bits per heavy atom. The van der Waals surface area contributed by atoms with E-state index in [4.69, 9.17) is 64.0 Å². The lowest BCUT2D eigenvalue weighted by Gasteiger charge is -2.31. The van der Waals surface area contributed by atoms with Gasteiger partial charge in [0.1, 0.15) is 41.6 Å². The lowest BCUT2D eigenvalue weighted by Crippen LogP contribution is -2.46. The second kappa shape index (κ2) is 42.9. The number of esters is 3. The molecule has 4 saturated heterocycles. The third-order valence-corrected chi connectivity index (χ3v) is 31.7. The van der Waals surface area contributed by atoms with Crippen LogP contribution in [0.4, 0.5) is 26.3 Å². The molecule has 134 heavy (non-hydrogen) atoms. The Labute approximate surface area is 799 Å². The molecule has 0 radical (unpaired) electrons. The summed E-state index contributed by atoms with van der Waals surface area (Å²) in [5.41, 5.74) is 3.29. The van der Waals surface area contributed by atoms with Crippen molar-refractivity contribution in [3.8, 4) is 0 Å². The van der Waals surface area contributed by atoms with Gasteiger partial charge in [-0.15, -0.1) is 45.3 Å². The van der Waals surface area contributed by atoms with Gasteiger partial charge in [0.15, 0.2) is 66.6 Å². The summed E-state index contributed by atoms with van der Waals surface area (Å²) in [4.78, 5) is 94.5. The van der Waals surface area contributed by atoms with Gasteiger partial charge in [-0.2, -0.15) is 48.4 Å². The predicted molar refractivity (Wildman–Crippen MR) is 495 cm³/mol. The summed E-state index contributed by atoms with van der Waals surface area (Å²) < 4.78 is 216. The average molecular weight is 2070 g/mol. The number of thiazole rings is 4. The number of aliphatic imine (C=N–C) groups is 4. The van der Waals surface area contributed by atoms with E-state index in [-0.39, 0.29) is 106 Å². The highest BCUT2D eigenvalue weighted by molar-refractivity contribution is 7.89. The molecule has 8 aromatic rings. The van der Waals surface area contributed by atoms with Gasteiger partial charge in [0.25, 0.3) is 30.6 Å². The third kappa shape index (κ3) is 22.4. The highest BCUT2D eigenvalue weighted by Crippen LogP contribution is 2.49. The molecular formula is C83H88Cl3F6N19O15S8. The standard InChI is InChI=1S/C22H24F3N5O4S2.C21H23ClFN5O4S2.C20H21ClFN5O4S2.C20H20ClFN4O3S2/c1-3-4-7-27-36(32,33)29-12-10-15-16(22(31)34-2)19(13-5-6-14(23)18(25)17(13)24)28-20(30(15)11-12)21-26-8-9-35-21;1-11(2)26-34(30,31)27-12-9-15-16(21(29)32-3)18(13-5-4-6-14(23)17(13)22)25-19(28(15)10-12)20-24-7-8-33-20;1-26(2)33(29,30)25-11-9-14-15(20(28)31-3)17(12-5-4-6-13(22)16(12)21)24-18(27(14)10-11)19-23-7-8-32-19;1-3-31(28,29)25-12-9-15-16(11(2)27)18(13-5-4-6-14(22)17(13)21)24-19(26(15)10-12)20-23-7-8-30-20/h5-6,8-9,12,19,27,29H,3-4,7,10-11H2,1-2H3;4-8,11-12,18,26-27H,9-10H2,1-3H3;4-8,11,17,25H,9-10H2,1-3H3;4-8,12,18,25H,3,9-10H2,1-2H3/t12-,19-;12-,18-;11-,17-;12-,18-/m0000/s1. The normalized spacial score (nSPS) is 20.6. The number of ether oxygens (including phenoxy) is 3. The van der Waals surface area contributed by atoms with Crippen LogP contribution in [0.25, 0.3) is 0 Å². The zero-order valence-corrected chi connectivity index (χ0v) is 81.6. The van der Waals surface area contributed by atoms with E-state index in [0.717, 1.165) is 30.0 Å². The van der Waals surface area contributed by atoms with E-state index >= 15 is 0 Å². The van der Waals surface area contributed by atoms with Crippen LogP contribution in [-0.4, -0.2) is 229 Å². The van der Waals surface area contributed by atoms with Gasteiger partial charge >= 0.3 is 17.9 Å². The van der Waals surface area contributed by atoms with Crippen LogP contribution in [0.3, 0.4) is 0 Å². The molecule has 0 unspecified atom stereocenters. The number of Topliss-reactive ketones (excluding diaryl/α,β-unsaturated/α-hetero) is 1. The van der Waals surface area contributed by atoms with E-state index in [9.17, 15) is 79.2 Å². The highest BCUT2D eigenvalue weighted by Gasteiger charge is 2.49. The molecule has 0 bridgehead atoms. The number of hydrogen-bond acceptors (Lipinski definition) is 31. The summed E-state index contributed by atoms with van der Waals surface area (Å²) in [5, 5.41) is 8.86. The molecule has 0 saturated carbocycles. The predicted octanol–water partition coefficient (Wildman–Crippen LogP) is 11.2. The molecule has 0 spiro atoms. The number of halogens is 9. The zero-order valence-electron chi connectivity index (χ0n) is 72.8. The number of benzene rings is 4. The van der Waals surface area contributed by atoms with Crippen LogP contribution < -0.4 is 28.3 Å². The van der Waals surface area contributed by atoms with Crippen LogP contribution >= 0.6 is 80.1 Å². The summed E-state index contributed by atoms with van der Waals surface area (Å²) in [6, 6.07) is 8.24. The van der Waals surface area contributed by atoms with Crippen molar-refractivity contribution in [2.24, 2.45) is 20.0 Å². The zero-order chi connectivity index (χ0) is 96.9. The molecule has 4 fully saturated rings. The van der Waals surface area contributed by atoms with Gasteiger partial charge in [0.05, 0.1) is 58.9 Å². The number of fused-ring (bicyclic) bond motifs is 4. The van der Waals surface area contributed by atoms with Crippen molar-refractivity contribution in [1.82, 2.24) is 72.2 Å². The van der Waals surface area contributed by atoms with Crippen LogP contribution in [0.5, 0.6) is 0 Å². The summed E-state index contributed by atoms with van der Waals surface area (Å²) in [6.45, 7) is 9.49. The van der Waals surface area contributed by atoms with Gasteiger partial charge in [-0.3, -0.25) is 24.8 Å². The SMILES string of the molecule is CCCCNS(=O)(=O)N[C@H]1CC2=C(C(=O)OC)[C@H](c3ccc(F)c(F)c3F)N=C(c3nccs3)N2C1.CCS(=O)(=O)N[C@H]1CC2=C(C(C)=O)[C@H](c3cccc(F)c3Cl)N=C(c3nccs3)N2C1.COC(=O)C1=C2C[C@H](NS(=O)(=O)N(C)C)CN2C(c2nccs2)=N[C@H]1c1cccc(F)c1Cl.COC(=O)C1=C2C[C@H](NS(=O)(=O)NC(C)C)CN2C(c2nccs2)=N[C@H]1c1cccc(F)c1Cl. The smallest absolute Gasteiger partial charge is 0.338 e. The molecule has 12 heterocycles. The molecule has 4 aromatic carbocycles. The molecule has 34 nitrogen and oxygen atoms in total. The first-order valence-electron chi connectivity index (χ1n) is 41.0. The van der Waals surface area contributed by atoms with Gasteiger partial charge < -0.3 is 33.8 Å². The molecule has 6 N–H and O–H groups in total. The number of unbranched alkanes of at least 4 members (excludes halogenated alkanes) is 1. The number of aromatic nitrogens is 4. The first-order valence-corrected chi connectivity index (χ1v) is 51.7. The van der Waals surface area contributed by atoms with Crippen LogP contribution in [-0.2, 0) is 74.0 Å². The summed E-state index contributed by atoms with van der Waals surface area (Å²) >= 11 is 24.1. The van der Waals surface area contributed by atoms with E-state index < -0.39 is 142 Å². The summed E-state index contributed by atoms with van der Waals surface area (Å²) in [6.07, 6.45) is 8.63. The number of sulfonamides is 1. The Kier molecular flexibility index (Phi) is 32.6. The number of rotatable bonds is 28. The topological polar surface area (TPSA) is 422 Å². The second-order valence-corrected chi connectivity index (χ2v) is 42.9. The summed E-state index contributed by atoms with van der Waals surface area (Å²) in [7, 11) is -8.33. The van der Waals surface area contributed by atoms with E-state index in [1.165, 1.54) is 123 Å². The van der Waals surface area contributed by atoms with E-state index in [1.807, 2.05) is 11.8 Å². The molecule has 16 rings (SSSR count). The number of hydrogen-bond donors (Lipinski definition) is 6. The molecule has 8 aliphatic rings. The Morgan fingerprint density at radius 2 is 0.799 bits per heavy atom. The first-order chi connectivity index (χ1) is 63.6. The van der Waals surface area contributed by atoms with Gasteiger partial charge in [-0.05, 0) is 58.4 Å². The van der Waals surface area contributed by atoms with E-state index in [1.54, 1.807) is 93.8 Å². The monoisotopic (exact) mass is 2070 g/mol. The number of carbonyl (C=O) groups excluding carboxylic acids is 4. The average Bonchev–Trinajstić information content (AvgIpc) is 1.59. The molecule has 716 valence electrons. The largest absolute Gasteiger partial charge is 0.466 e. The molecule has 0 aliphatic carbocycles. The van der Waals surface area contributed by atoms with Crippen LogP contribution in [0.2, 0.25) is 15.1 Å². The summed E-state index contributed by atoms with van der Waals surface area (Å²) in [5.74, 6) is -7.20. The number of nitrogens with zero attached hydrogens (tertiary/aromatic N) is 13. The van der Waals surface area contributed by atoms with Gasteiger partial charge in [-0.1, -0.05) is 90.6 Å². The number of ketones is 1. The van der Waals surface area contributed by atoms with Crippen LogP contribution in [0.1, 0.15) is 140 Å². The molecule has 8 atom stereocenters. The van der Waals surface area contributed by atoms with Crippen molar-refractivity contribution in [3.63, 3.8) is 0 Å². The fourth-order valence-electron chi connectivity index (χ4n) is 15.9. The van der Waals surface area contributed by atoms with Crippen molar-refractivity contribution in [2.75, 3.05) is 73.9 Å². The van der Waals surface area contributed by atoms with Crippen LogP contribution in [0, 0.1) is 34.9 Å². The van der Waals surface area contributed by atoms with Gasteiger partial charge in [0, 0.05) is 200 Å². The van der Waals surface area contributed by atoms with Gasteiger partial charge in [-0.25, -0.2) is 78.5 Å². The Hall–Kier alpha value is -9.71. The van der Waals surface area contributed by atoms with Crippen molar-refractivity contribution in [3.05, 3.63) is 250 Å². The lowest BCUT2D eigenvalue weighted by molar-refractivity contribution is -0.137. The highest BCUT2D eigenvalue weighted by atomic mass is 35.5. The Morgan fingerprint density at radius 3 is 1.12 bits per heavy atom. The number of amidine groups is 4. The Bertz CT molecular complexity index is 6580. The number of methoxy groups -OCH3 is 3. The fourth-order valence-corrected chi connectivity index (χ4v) is 23.2. The maximum Gasteiger partial charge on any atom is 0.338 e. The van der Waals surface area contributed by atoms with Crippen molar-refractivity contribution >= 4 is 168 Å². The van der Waals surface area contributed by atoms with Crippen molar-refractivity contribution in [1.29, 1.82) is 0 Å². The quantitative estimate of drug-likeness (QED) is 0.00872. The van der Waals surface area contributed by atoms with Crippen molar-refractivity contribution < 1.29 is 93.4 Å². The first kappa shape index (κ1) is 102. The van der Waals surface area contributed by atoms with Gasteiger partial charge in [0.2, 0.25) is 10.0 Å². The molecule has 51 heteroatoms. The van der Waals surface area contributed by atoms with E-state index in [0.29, 0.717) is 102 Å². The molecule has 4 aromatic heterocycles. The molecular weight excluding hydrogens is 1980 g/mol. The minimum Gasteiger partial charge on any atom is -0.466 e. The van der Waals surface area contributed by atoms with Crippen molar-refractivity contribution in [2.45, 2.75) is 128 Å². The minimum absolute atomic E-state index is 0.0446. The second-order valence-electron chi connectivity index (χ2n) is 31.2.